The number of rotatable bonds is 4. The summed E-state index contributed by atoms with van der Waals surface area (Å²) in [5, 5.41) is 13.2. The van der Waals surface area contributed by atoms with E-state index >= 15 is 0 Å². The maximum atomic E-state index is 11.6. The Labute approximate surface area is 107 Å². The van der Waals surface area contributed by atoms with Crippen molar-refractivity contribution in [3.8, 4) is 0 Å². The molecule has 3 rings (SSSR count). The summed E-state index contributed by atoms with van der Waals surface area (Å²) in [7, 11) is 0. The van der Waals surface area contributed by atoms with E-state index in [4.69, 9.17) is 11.6 Å². The molecule has 0 aromatic carbocycles. The van der Waals surface area contributed by atoms with Gasteiger partial charge in [-0.1, -0.05) is 0 Å². The predicted octanol–water partition coefficient (Wildman–Crippen LogP) is 0.697. The fourth-order valence-corrected chi connectivity index (χ4v) is 1.78. The van der Waals surface area contributed by atoms with Crippen LogP contribution < -0.4 is 10.6 Å². The van der Waals surface area contributed by atoms with E-state index in [2.05, 4.69) is 30.8 Å². The van der Waals surface area contributed by atoms with Gasteiger partial charge in [0.1, 0.15) is 5.82 Å². The van der Waals surface area contributed by atoms with Crippen LogP contribution in [0.15, 0.2) is 6.20 Å². The zero-order chi connectivity index (χ0) is 12.5. The highest BCUT2D eigenvalue weighted by Gasteiger charge is 2.23. The van der Waals surface area contributed by atoms with Gasteiger partial charge in [0.15, 0.2) is 5.65 Å². The van der Waals surface area contributed by atoms with E-state index in [0.29, 0.717) is 22.9 Å². The Bertz CT molecular complexity index is 593. The number of halogens is 1. The highest BCUT2D eigenvalue weighted by Crippen LogP contribution is 2.20. The van der Waals surface area contributed by atoms with Gasteiger partial charge < -0.3 is 10.6 Å². The quantitative estimate of drug-likeness (QED) is 0.708. The molecule has 0 bridgehead atoms. The lowest BCUT2D eigenvalue weighted by atomic mass is 10.4. The van der Waals surface area contributed by atoms with Crippen molar-refractivity contribution in [2.24, 2.45) is 0 Å². The Balaban J connectivity index is 1.72. The Morgan fingerprint density at radius 2 is 2.33 bits per heavy atom. The molecule has 0 atom stereocenters. The monoisotopic (exact) mass is 266 g/mol. The van der Waals surface area contributed by atoms with Crippen LogP contribution in [-0.2, 0) is 4.79 Å². The zero-order valence-electron chi connectivity index (χ0n) is 9.40. The maximum absolute atomic E-state index is 11.6. The van der Waals surface area contributed by atoms with Crippen LogP contribution in [0.4, 0.5) is 5.82 Å². The van der Waals surface area contributed by atoms with Crippen molar-refractivity contribution in [2.45, 2.75) is 18.9 Å². The van der Waals surface area contributed by atoms with Crippen LogP contribution in [-0.4, -0.2) is 38.7 Å². The van der Waals surface area contributed by atoms with Gasteiger partial charge >= 0.3 is 0 Å². The Morgan fingerprint density at radius 1 is 1.50 bits per heavy atom. The summed E-state index contributed by atoms with van der Waals surface area (Å²) in [5.74, 6) is 0.452. The standard InChI is InChI=1S/C10H11ClN6O/c11-10-15-8(6-3-13-17-9(6)16-10)12-4-7(18)14-5-1-2-5/h3,5H,1-2,4H2,(H,14,18)(H2,12,13,15,16,17). The molecular weight excluding hydrogens is 256 g/mol. The van der Waals surface area contributed by atoms with E-state index in [-0.39, 0.29) is 17.7 Å². The van der Waals surface area contributed by atoms with E-state index in [1.807, 2.05) is 0 Å². The minimum Gasteiger partial charge on any atom is -0.360 e. The number of aromatic amines is 1. The van der Waals surface area contributed by atoms with Crippen LogP contribution in [0.3, 0.4) is 0 Å². The third-order valence-corrected chi connectivity index (χ3v) is 2.81. The van der Waals surface area contributed by atoms with Crippen LogP contribution in [0, 0.1) is 0 Å². The third-order valence-electron chi connectivity index (χ3n) is 2.64. The second kappa shape index (κ2) is 4.41. The average molecular weight is 267 g/mol. The van der Waals surface area contributed by atoms with E-state index in [1.165, 1.54) is 0 Å². The second-order valence-electron chi connectivity index (χ2n) is 4.17. The van der Waals surface area contributed by atoms with Crippen LogP contribution in [0.25, 0.3) is 11.0 Å². The van der Waals surface area contributed by atoms with E-state index in [0.717, 1.165) is 12.8 Å². The van der Waals surface area contributed by atoms with Crippen LogP contribution in [0.5, 0.6) is 0 Å². The van der Waals surface area contributed by atoms with Gasteiger partial charge in [-0.05, 0) is 24.4 Å². The number of hydrogen-bond donors (Lipinski definition) is 3. The van der Waals surface area contributed by atoms with Gasteiger partial charge in [0.2, 0.25) is 11.2 Å². The largest absolute Gasteiger partial charge is 0.360 e. The van der Waals surface area contributed by atoms with Gasteiger partial charge in [-0.3, -0.25) is 9.89 Å². The molecular formula is C10H11ClN6O. The van der Waals surface area contributed by atoms with Crippen LogP contribution >= 0.6 is 11.6 Å². The number of amides is 1. The van der Waals surface area contributed by atoms with Crippen molar-refractivity contribution in [1.82, 2.24) is 25.5 Å². The molecule has 3 N–H and O–H groups in total. The highest BCUT2D eigenvalue weighted by atomic mass is 35.5. The van der Waals surface area contributed by atoms with Crippen molar-refractivity contribution < 1.29 is 4.79 Å². The van der Waals surface area contributed by atoms with Crippen molar-refractivity contribution in [2.75, 3.05) is 11.9 Å². The lowest BCUT2D eigenvalue weighted by Crippen LogP contribution is -2.31. The molecule has 0 radical (unpaired) electrons. The summed E-state index contributed by atoms with van der Waals surface area (Å²) in [5.41, 5.74) is 0.542. The molecule has 2 aromatic heterocycles. The molecule has 0 unspecified atom stereocenters. The van der Waals surface area contributed by atoms with E-state index in [1.54, 1.807) is 6.20 Å². The number of H-pyrrole nitrogens is 1. The van der Waals surface area contributed by atoms with Crippen molar-refractivity contribution in [1.29, 1.82) is 0 Å². The summed E-state index contributed by atoms with van der Waals surface area (Å²) >= 11 is 5.78. The summed E-state index contributed by atoms with van der Waals surface area (Å²) < 4.78 is 0. The summed E-state index contributed by atoms with van der Waals surface area (Å²) in [4.78, 5) is 19.6. The Hall–Kier alpha value is -1.89. The molecule has 0 spiro atoms. The summed E-state index contributed by atoms with van der Waals surface area (Å²) in [6.45, 7) is 0.157. The lowest BCUT2D eigenvalue weighted by Gasteiger charge is -2.07. The first-order chi connectivity index (χ1) is 8.72. The van der Waals surface area contributed by atoms with E-state index in [9.17, 15) is 4.79 Å². The lowest BCUT2D eigenvalue weighted by molar-refractivity contribution is -0.119. The van der Waals surface area contributed by atoms with Gasteiger partial charge in [0.25, 0.3) is 0 Å². The van der Waals surface area contributed by atoms with Gasteiger partial charge in [-0.25, -0.2) is 0 Å². The fraction of sp³-hybridized carbons (Fsp3) is 0.400. The zero-order valence-corrected chi connectivity index (χ0v) is 10.2. The average Bonchev–Trinajstić information content (AvgIpc) is 3.01. The molecule has 8 heteroatoms. The highest BCUT2D eigenvalue weighted by molar-refractivity contribution is 6.28. The van der Waals surface area contributed by atoms with Gasteiger partial charge in [-0.15, -0.1) is 0 Å². The summed E-state index contributed by atoms with van der Waals surface area (Å²) in [6, 6.07) is 0.349. The molecule has 18 heavy (non-hydrogen) atoms. The predicted molar refractivity (Wildman–Crippen MR) is 66.3 cm³/mol. The van der Waals surface area contributed by atoms with Crippen molar-refractivity contribution in [3.05, 3.63) is 11.5 Å². The number of hydrogen-bond acceptors (Lipinski definition) is 5. The number of nitrogens with zero attached hydrogens (tertiary/aromatic N) is 3. The SMILES string of the molecule is O=C(CNc1nc(Cl)nc2[nH]ncc12)NC1CC1. The molecule has 1 fully saturated rings. The van der Waals surface area contributed by atoms with Crippen LogP contribution in [0.2, 0.25) is 5.28 Å². The first-order valence-corrected chi connectivity index (χ1v) is 6.00. The van der Waals surface area contributed by atoms with Crippen LogP contribution in [0.1, 0.15) is 12.8 Å². The molecule has 0 aliphatic heterocycles. The number of aromatic nitrogens is 4. The van der Waals surface area contributed by atoms with Gasteiger partial charge in [0.05, 0.1) is 18.1 Å². The molecule has 1 aliphatic carbocycles. The first-order valence-electron chi connectivity index (χ1n) is 5.62. The molecule has 2 aromatic rings. The first kappa shape index (κ1) is 11.2. The van der Waals surface area contributed by atoms with Gasteiger partial charge in [-0.2, -0.15) is 15.1 Å². The minimum atomic E-state index is -0.0520. The molecule has 1 saturated carbocycles. The molecule has 94 valence electrons. The normalized spacial score (nSPS) is 14.7. The van der Waals surface area contributed by atoms with E-state index < -0.39 is 0 Å². The molecule has 1 aliphatic rings. The van der Waals surface area contributed by atoms with Crippen molar-refractivity contribution >= 4 is 34.4 Å². The summed E-state index contributed by atoms with van der Waals surface area (Å²) in [6.07, 6.45) is 3.72. The maximum Gasteiger partial charge on any atom is 0.239 e. The number of anilines is 1. The Morgan fingerprint density at radius 3 is 3.11 bits per heavy atom. The Kier molecular flexibility index (Phi) is 2.75. The number of carbonyl (C=O) groups excluding carboxylic acids is 1. The van der Waals surface area contributed by atoms with Crippen molar-refractivity contribution in [3.63, 3.8) is 0 Å². The molecule has 7 nitrogen and oxygen atoms in total. The molecule has 1 amide bonds. The smallest absolute Gasteiger partial charge is 0.239 e. The topological polar surface area (TPSA) is 95.6 Å². The second-order valence-corrected chi connectivity index (χ2v) is 4.51. The minimum absolute atomic E-state index is 0.0520. The number of nitrogens with one attached hydrogen (secondary N) is 3. The number of carbonyl (C=O) groups is 1. The molecule has 2 heterocycles. The fourth-order valence-electron chi connectivity index (χ4n) is 1.61. The molecule has 0 saturated heterocycles. The number of fused-ring (bicyclic) bond motifs is 1. The van der Waals surface area contributed by atoms with Gasteiger partial charge in [0, 0.05) is 6.04 Å². The third kappa shape index (κ3) is 2.35.